The Labute approximate surface area is 77.0 Å². The Hall–Kier alpha value is 0.160. The van der Waals surface area contributed by atoms with Crippen molar-refractivity contribution in [3.8, 4) is 0 Å². The quantitative estimate of drug-likeness (QED) is 0.599. The summed E-state index contributed by atoms with van der Waals surface area (Å²) in [5.41, 5.74) is 0. The van der Waals surface area contributed by atoms with E-state index in [0.29, 0.717) is 13.2 Å². The Morgan fingerprint density at radius 3 is 2.50 bits per heavy atom. The highest BCUT2D eigenvalue weighted by Gasteiger charge is 2.31. The summed E-state index contributed by atoms with van der Waals surface area (Å²) in [7, 11) is 1.63. The van der Waals surface area contributed by atoms with Crippen LogP contribution in [0.5, 0.6) is 0 Å². The Kier molecular flexibility index (Phi) is 2.98. The van der Waals surface area contributed by atoms with Crippen molar-refractivity contribution in [3.05, 3.63) is 0 Å². The van der Waals surface area contributed by atoms with Crippen LogP contribution in [0.4, 0.5) is 0 Å². The molecule has 4 nitrogen and oxygen atoms in total. The molecule has 0 saturated carbocycles. The number of morpholine rings is 1. The van der Waals surface area contributed by atoms with E-state index >= 15 is 0 Å². The zero-order chi connectivity index (χ0) is 9.35. The lowest BCUT2D eigenvalue weighted by molar-refractivity contribution is -0.0162. The molecule has 72 valence electrons. The smallest absolute Gasteiger partial charge is 0.300 e. The van der Waals surface area contributed by atoms with E-state index in [9.17, 15) is 8.42 Å². The molecule has 1 saturated heterocycles. The molecular formula is C6H12ClNO3S. The third kappa shape index (κ3) is 2.32. The molecule has 1 aliphatic heterocycles. The molecule has 2 atom stereocenters. The predicted octanol–water partition coefficient (Wildman–Crippen LogP) is 0.579. The van der Waals surface area contributed by atoms with Crippen LogP contribution < -0.4 is 0 Å². The molecule has 12 heavy (non-hydrogen) atoms. The molecule has 0 aliphatic carbocycles. The topological polar surface area (TPSA) is 46.6 Å². The van der Waals surface area contributed by atoms with Crippen molar-refractivity contribution in [3.63, 3.8) is 0 Å². The number of ether oxygens (including phenoxy) is 1. The van der Waals surface area contributed by atoms with E-state index in [1.165, 1.54) is 4.31 Å². The maximum Gasteiger partial charge on any atom is 0.300 e. The normalized spacial score (nSPS) is 33.6. The number of nitrogens with zero attached hydrogens (tertiary/aromatic N) is 1. The van der Waals surface area contributed by atoms with Gasteiger partial charge in [-0.15, -0.1) is 0 Å². The minimum Gasteiger partial charge on any atom is -0.375 e. The molecule has 0 amide bonds. The van der Waals surface area contributed by atoms with Crippen LogP contribution in [0.1, 0.15) is 13.8 Å². The van der Waals surface area contributed by atoms with Gasteiger partial charge in [0.25, 0.3) is 9.24 Å². The molecule has 1 aliphatic rings. The molecule has 6 heteroatoms. The fourth-order valence-corrected chi connectivity index (χ4v) is 2.63. The fraction of sp³-hybridized carbons (Fsp3) is 1.00. The van der Waals surface area contributed by atoms with Gasteiger partial charge in [-0.3, -0.25) is 0 Å². The van der Waals surface area contributed by atoms with Crippen molar-refractivity contribution in [2.45, 2.75) is 26.0 Å². The van der Waals surface area contributed by atoms with Gasteiger partial charge in [0.2, 0.25) is 0 Å². The first kappa shape index (κ1) is 10.2. The largest absolute Gasteiger partial charge is 0.375 e. The first-order valence-electron chi connectivity index (χ1n) is 3.74. The van der Waals surface area contributed by atoms with E-state index in [1.807, 2.05) is 6.92 Å². The molecule has 1 heterocycles. The summed E-state index contributed by atoms with van der Waals surface area (Å²) in [5, 5.41) is 0. The maximum absolute atomic E-state index is 11.0. The molecule has 0 bridgehead atoms. The molecule has 1 fully saturated rings. The second-order valence-corrected chi connectivity index (χ2v) is 5.47. The van der Waals surface area contributed by atoms with Gasteiger partial charge in [0, 0.05) is 23.3 Å². The summed E-state index contributed by atoms with van der Waals surface area (Å²) >= 11 is 0. The van der Waals surface area contributed by atoms with Crippen LogP contribution in [0.3, 0.4) is 0 Å². The van der Waals surface area contributed by atoms with E-state index in [1.54, 1.807) is 6.92 Å². The SMILES string of the molecule is CC1CN(S(=O)(=O)Cl)C(C)CO1. The third-order valence-electron chi connectivity index (χ3n) is 1.83. The van der Waals surface area contributed by atoms with Crippen LogP contribution >= 0.6 is 10.7 Å². The van der Waals surface area contributed by atoms with Crippen LogP contribution in [-0.2, 0) is 14.0 Å². The van der Waals surface area contributed by atoms with Crippen molar-refractivity contribution in [1.82, 2.24) is 4.31 Å². The summed E-state index contributed by atoms with van der Waals surface area (Å²) in [6, 6.07) is -0.163. The molecule has 1 rings (SSSR count). The molecule has 2 unspecified atom stereocenters. The average molecular weight is 214 g/mol. The van der Waals surface area contributed by atoms with Crippen molar-refractivity contribution in [2.75, 3.05) is 13.2 Å². The van der Waals surface area contributed by atoms with Gasteiger partial charge >= 0.3 is 0 Å². The van der Waals surface area contributed by atoms with Crippen molar-refractivity contribution in [2.24, 2.45) is 0 Å². The van der Waals surface area contributed by atoms with E-state index in [0.717, 1.165) is 0 Å². The first-order chi connectivity index (χ1) is 5.41. The molecule has 0 N–H and O–H groups in total. The van der Waals surface area contributed by atoms with Gasteiger partial charge in [-0.1, -0.05) is 0 Å². The number of rotatable bonds is 1. The van der Waals surface area contributed by atoms with E-state index in [4.69, 9.17) is 15.4 Å². The fourth-order valence-electron chi connectivity index (χ4n) is 1.18. The van der Waals surface area contributed by atoms with E-state index < -0.39 is 9.24 Å². The Morgan fingerprint density at radius 1 is 1.50 bits per heavy atom. The highest BCUT2D eigenvalue weighted by atomic mass is 35.7. The molecule has 0 spiro atoms. The Morgan fingerprint density at radius 2 is 2.08 bits per heavy atom. The molecule has 0 aromatic carbocycles. The zero-order valence-electron chi connectivity index (χ0n) is 7.03. The molecule has 0 aromatic heterocycles. The number of hydrogen-bond acceptors (Lipinski definition) is 3. The van der Waals surface area contributed by atoms with Crippen LogP contribution in [-0.4, -0.2) is 38.0 Å². The van der Waals surface area contributed by atoms with Crippen molar-refractivity contribution in [1.29, 1.82) is 0 Å². The second kappa shape index (κ2) is 3.49. The predicted molar refractivity (Wildman–Crippen MR) is 46.4 cm³/mol. The number of halogens is 1. The molecular weight excluding hydrogens is 202 g/mol. The van der Waals surface area contributed by atoms with Gasteiger partial charge in [0.05, 0.1) is 12.7 Å². The van der Waals surface area contributed by atoms with Gasteiger partial charge in [0.1, 0.15) is 0 Å². The van der Waals surface area contributed by atoms with Gasteiger partial charge in [-0.25, -0.2) is 0 Å². The minimum atomic E-state index is -3.58. The van der Waals surface area contributed by atoms with E-state index in [2.05, 4.69) is 0 Å². The van der Waals surface area contributed by atoms with Crippen LogP contribution in [0, 0.1) is 0 Å². The standard InChI is InChI=1S/C6H12ClNO3S/c1-5-4-11-6(2)3-8(5)12(7,9)10/h5-6H,3-4H2,1-2H3. The van der Waals surface area contributed by atoms with E-state index in [-0.39, 0.29) is 12.1 Å². The summed E-state index contributed by atoms with van der Waals surface area (Å²) in [6.07, 6.45) is -0.0743. The Balaban J connectivity index is 2.74. The molecule has 0 aromatic rings. The lowest BCUT2D eigenvalue weighted by Gasteiger charge is -2.33. The van der Waals surface area contributed by atoms with Crippen LogP contribution in [0.15, 0.2) is 0 Å². The van der Waals surface area contributed by atoms with Crippen molar-refractivity contribution < 1.29 is 13.2 Å². The average Bonchev–Trinajstić information content (AvgIpc) is 1.92. The second-order valence-electron chi connectivity index (χ2n) is 3.00. The van der Waals surface area contributed by atoms with Crippen molar-refractivity contribution >= 4 is 19.9 Å². The number of hydrogen-bond donors (Lipinski definition) is 0. The first-order valence-corrected chi connectivity index (χ1v) is 6.01. The summed E-state index contributed by atoms with van der Waals surface area (Å²) in [5.74, 6) is 0. The maximum atomic E-state index is 11.0. The lowest BCUT2D eigenvalue weighted by atomic mass is 10.2. The Bertz CT molecular complexity index is 254. The van der Waals surface area contributed by atoms with Crippen LogP contribution in [0.2, 0.25) is 0 Å². The summed E-state index contributed by atoms with van der Waals surface area (Å²) in [6.45, 7) is 4.34. The molecule has 0 radical (unpaired) electrons. The zero-order valence-corrected chi connectivity index (χ0v) is 8.60. The third-order valence-corrected chi connectivity index (χ3v) is 3.43. The van der Waals surface area contributed by atoms with Gasteiger partial charge in [-0.2, -0.15) is 12.7 Å². The van der Waals surface area contributed by atoms with Gasteiger partial charge in [0.15, 0.2) is 0 Å². The summed E-state index contributed by atoms with van der Waals surface area (Å²) in [4.78, 5) is 0. The minimum absolute atomic E-state index is 0.0743. The highest BCUT2D eigenvalue weighted by molar-refractivity contribution is 8.11. The van der Waals surface area contributed by atoms with Crippen LogP contribution in [0.25, 0.3) is 0 Å². The summed E-state index contributed by atoms with van der Waals surface area (Å²) < 4.78 is 28.5. The highest BCUT2D eigenvalue weighted by Crippen LogP contribution is 2.17. The van der Waals surface area contributed by atoms with Gasteiger partial charge < -0.3 is 4.74 Å². The van der Waals surface area contributed by atoms with Gasteiger partial charge in [-0.05, 0) is 13.8 Å². The monoisotopic (exact) mass is 213 g/mol. The lowest BCUT2D eigenvalue weighted by Crippen LogP contribution is -2.48.